The summed E-state index contributed by atoms with van der Waals surface area (Å²) in [4.78, 5) is 13.9. The molecule has 2 aliphatic rings. The molecule has 2 unspecified atom stereocenters. The molecule has 2 atom stereocenters. The maximum atomic E-state index is 4.53. The van der Waals surface area contributed by atoms with Crippen LogP contribution in [-0.4, -0.2) is 63.2 Å². The van der Waals surface area contributed by atoms with Gasteiger partial charge in [0.15, 0.2) is 5.96 Å². The number of piperidine rings is 2. The maximum Gasteiger partial charge on any atom is 0.194 e. The van der Waals surface area contributed by atoms with Crippen LogP contribution < -0.4 is 5.32 Å². The molecule has 0 bridgehead atoms. The van der Waals surface area contributed by atoms with Crippen molar-refractivity contribution in [1.29, 1.82) is 0 Å². The van der Waals surface area contributed by atoms with Crippen molar-refractivity contribution in [2.75, 3.05) is 26.7 Å². The number of aromatic nitrogens is 3. The van der Waals surface area contributed by atoms with E-state index in [9.17, 15) is 0 Å². The molecule has 150 valence electrons. The number of aliphatic imine (C=N–C) groups is 1. The highest BCUT2D eigenvalue weighted by molar-refractivity contribution is 5.79. The van der Waals surface area contributed by atoms with Crippen LogP contribution >= 0.6 is 0 Å². The molecule has 7 nitrogen and oxygen atoms in total. The van der Waals surface area contributed by atoms with Crippen molar-refractivity contribution in [3.05, 3.63) is 48.0 Å². The minimum absolute atomic E-state index is 0.647. The van der Waals surface area contributed by atoms with Gasteiger partial charge in [-0.2, -0.15) is 5.10 Å². The zero-order chi connectivity index (χ0) is 19.3. The van der Waals surface area contributed by atoms with E-state index < -0.39 is 0 Å². The molecule has 0 aliphatic carbocycles. The van der Waals surface area contributed by atoms with Crippen LogP contribution in [0.5, 0.6) is 0 Å². The third-order valence-corrected chi connectivity index (χ3v) is 6.13. The largest absolute Gasteiger partial charge is 0.349 e. The molecule has 2 aromatic rings. The van der Waals surface area contributed by atoms with Crippen LogP contribution in [0.4, 0.5) is 0 Å². The summed E-state index contributed by atoms with van der Waals surface area (Å²) in [7, 11) is 3.79. The summed E-state index contributed by atoms with van der Waals surface area (Å²) in [6.45, 7) is 5.06. The number of hydrogen-bond acceptors (Lipinski definition) is 4. The molecule has 0 amide bonds. The van der Waals surface area contributed by atoms with Crippen molar-refractivity contribution in [3.8, 4) is 0 Å². The number of nitrogens with one attached hydrogen (secondary N) is 1. The van der Waals surface area contributed by atoms with Gasteiger partial charge in [-0.05, 0) is 37.3 Å². The lowest BCUT2D eigenvalue weighted by Gasteiger charge is -2.48. The first-order valence-corrected chi connectivity index (χ1v) is 10.3. The van der Waals surface area contributed by atoms with Crippen molar-refractivity contribution in [2.24, 2.45) is 18.0 Å². The Morgan fingerprint density at radius 1 is 1.21 bits per heavy atom. The minimum atomic E-state index is 0.647. The third kappa shape index (κ3) is 4.19. The summed E-state index contributed by atoms with van der Waals surface area (Å²) in [6.07, 6.45) is 5.39. The topological polar surface area (TPSA) is 61.6 Å². The maximum absolute atomic E-state index is 4.53. The number of fused-ring (bicyclic) bond motifs is 1. The van der Waals surface area contributed by atoms with Crippen molar-refractivity contribution in [2.45, 2.75) is 38.4 Å². The molecule has 4 rings (SSSR count). The molecule has 28 heavy (non-hydrogen) atoms. The highest BCUT2D eigenvalue weighted by atomic mass is 15.4. The van der Waals surface area contributed by atoms with Crippen LogP contribution in [0.1, 0.15) is 30.7 Å². The van der Waals surface area contributed by atoms with Crippen LogP contribution in [0.25, 0.3) is 0 Å². The van der Waals surface area contributed by atoms with Gasteiger partial charge >= 0.3 is 0 Å². The number of aryl methyl sites for hydroxylation is 1. The minimum Gasteiger partial charge on any atom is -0.349 e. The van der Waals surface area contributed by atoms with E-state index in [-0.39, 0.29) is 0 Å². The Kier molecular flexibility index (Phi) is 5.90. The molecular formula is C21H31N7. The van der Waals surface area contributed by atoms with E-state index in [4.69, 9.17) is 0 Å². The van der Waals surface area contributed by atoms with Crippen molar-refractivity contribution >= 4 is 5.96 Å². The molecule has 3 heterocycles. The lowest BCUT2D eigenvalue weighted by Crippen LogP contribution is -2.56. The summed E-state index contributed by atoms with van der Waals surface area (Å²) < 4.78 is 1.80. The fourth-order valence-electron chi connectivity index (χ4n) is 4.68. The monoisotopic (exact) mass is 381 g/mol. The van der Waals surface area contributed by atoms with Crippen LogP contribution in [0.15, 0.2) is 41.7 Å². The van der Waals surface area contributed by atoms with Gasteiger partial charge in [-0.3, -0.25) is 14.6 Å². The second-order valence-electron chi connectivity index (χ2n) is 7.86. The average molecular weight is 382 g/mol. The normalized spacial score (nSPS) is 23.5. The quantitative estimate of drug-likeness (QED) is 0.647. The fourth-order valence-corrected chi connectivity index (χ4v) is 4.68. The van der Waals surface area contributed by atoms with Crippen LogP contribution in [0, 0.1) is 5.92 Å². The molecule has 1 aromatic heterocycles. The summed E-state index contributed by atoms with van der Waals surface area (Å²) >= 11 is 0. The molecule has 2 aliphatic heterocycles. The average Bonchev–Trinajstić information content (AvgIpc) is 3.14. The van der Waals surface area contributed by atoms with Gasteiger partial charge in [-0.25, -0.2) is 4.98 Å². The Balaban J connectivity index is 1.36. The van der Waals surface area contributed by atoms with E-state index >= 15 is 0 Å². The van der Waals surface area contributed by atoms with Gasteiger partial charge in [0.2, 0.25) is 0 Å². The van der Waals surface area contributed by atoms with Gasteiger partial charge < -0.3 is 10.2 Å². The lowest BCUT2D eigenvalue weighted by atomic mass is 9.83. The summed E-state index contributed by atoms with van der Waals surface area (Å²) in [5.74, 6) is 2.60. The van der Waals surface area contributed by atoms with Gasteiger partial charge in [0.05, 0.1) is 6.54 Å². The fraction of sp³-hybridized carbons (Fsp3) is 0.571. The molecule has 0 spiro atoms. The number of rotatable bonds is 4. The first kappa shape index (κ1) is 18.9. The van der Waals surface area contributed by atoms with Gasteiger partial charge in [0.25, 0.3) is 0 Å². The Morgan fingerprint density at radius 3 is 2.82 bits per heavy atom. The lowest BCUT2D eigenvalue weighted by molar-refractivity contribution is 0.0372. The second-order valence-corrected chi connectivity index (χ2v) is 7.86. The first-order chi connectivity index (χ1) is 13.7. The summed E-state index contributed by atoms with van der Waals surface area (Å²) in [6, 6.07) is 11.6. The highest BCUT2D eigenvalue weighted by Gasteiger charge is 2.36. The number of nitrogens with zero attached hydrogens (tertiary/aromatic N) is 6. The summed E-state index contributed by atoms with van der Waals surface area (Å²) in [5, 5.41) is 7.60. The predicted molar refractivity (Wildman–Crippen MR) is 111 cm³/mol. The van der Waals surface area contributed by atoms with Gasteiger partial charge in [0, 0.05) is 39.8 Å². The van der Waals surface area contributed by atoms with E-state index in [0.29, 0.717) is 18.5 Å². The Bertz CT molecular complexity index is 785. The standard InChI is InChI=1S/C21H31N7/c1-22-21(23-13-20-24-16-25-26(20)2)28-12-10-19-18(15-28)9-6-11-27(19)14-17-7-4-3-5-8-17/h3-5,7-8,16,18-19H,6,9-15H2,1-2H3,(H,22,23). The van der Waals surface area contributed by atoms with E-state index in [1.807, 2.05) is 14.1 Å². The number of guanidine groups is 1. The molecule has 1 aromatic carbocycles. The molecule has 2 saturated heterocycles. The Morgan fingerprint density at radius 2 is 2.07 bits per heavy atom. The molecule has 0 radical (unpaired) electrons. The van der Waals surface area contributed by atoms with Gasteiger partial charge in [0.1, 0.15) is 12.2 Å². The smallest absolute Gasteiger partial charge is 0.194 e. The van der Waals surface area contributed by atoms with Crippen molar-refractivity contribution in [3.63, 3.8) is 0 Å². The SMILES string of the molecule is CN=C(NCc1ncnn1C)N1CCC2C(CCCN2Cc2ccccc2)C1. The van der Waals surface area contributed by atoms with E-state index in [2.05, 4.69) is 60.5 Å². The van der Waals surface area contributed by atoms with Crippen molar-refractivity contribution < 1.29 is 0 Å². The summed E-state index contributed by atoms with van der Waals surface area (Å²) in [5.41, 5.74) is 1.42. The molecular weight excluding hydrogens is 350 g/mol. The number of likely N-dealkylation sites (tertiary alicyclic amines) is 2. The van der Waals surface area contributed by atoms with E-state index in [1.54, 1.807) is 11.0 Å². The molecule has 1 N–H and O–H groups in total. The number of benzene rings is 1. The zero-order valence-electron chi connectivity index (χ0n) is 17.0. The van der Waals surface area contributed by atoms with Crippen LogP contribution in [0.3, 0.4) is 0 Å². The van der Waals surface area contributed by atoms with Crippen LogP contribution in [0.2, 0.25) is 0 Å². The van der Waals surface area contributed by atoms with Crippen molar-refractivity contribution in [1.82, 2.24) is 29.9 Å². The molecule has 2 fully saturated rings. The molecule has 7 heteroatoms. The Labute approximate surface area is 167 Å². The van der Waals surface area contributed by atoms with Crippen LogP contribution in [-0.2, 0) is 20.1 Å². The Hall–Kier alpha value is -2.41. The van der Waals surface area contributed by atoms with E-state index in [0.717, 1.165) is 31.4 Å². The zero-order valence-corrected chi connectivity index (χ0v) is 17.0. The third-order valence-electron chi connectivity index (χ3n) is 6.13. The van der Waals surface area contributed by atoms with E-state index in [1.165, 1.54) is 31.4 Å². The van der Waals surface area contributed by atoms with Gasteiger partial charge in [-0.15, -0.1) is 0 Å². The van der Waals surface area contributed by atoms with Gasteiger partial charge in [-0.1, -0.05) is 30.3 Å². The highest BCUT2D eigenvalue weighted by Crippen LogP contribution is 2.31. The first-order valence-electron chi connectivity index (χ1n) is 10.3. The predicted octanol–water partition coefficient (Wildman–Crippen LogP) is 1.88. The second kappa shape index (κ2) is 8.73. The molecule has 0 saturated carbocycles. The number of hydrogen-bond donors (Lipinski definition) is 1.